The summed E-state index contributed by atoms with van der Waals surface area (Å²) in [7, 11) is 0. The van der Waals surface area contributed by atoms with E-state index in [9.17, 15) is 4.79 Å². The van der Waals surface area contributed by atoms with Crippen molar-refractivity contribution >= 4 is 35.0 Å². The molecule has 0 fully saturated rings. The summed E-state index contributed by atoms with van der Waals surface area (Å²) in [6.45, 7) is 3.30. The van der Waals surface area contributed by atoms with E-state index in [1.807, 2.05) is 6.92 Å². The van der Waals surface area contributed by atoms with Crippen LogP contribution in [0.15, 0.2) is 24.3 Å². The number of thioether (sulfide) groups is 1. The second kappa shape index (κ2) is 10.3. The van der Waals surface area contributed by atoms with Crippen molar-refractivity contribution in [3.63, 3.8) is 0 Å². The highest BCUT2D eigenvalue weighted by Gasteiger charge is 2.05. The van der Waals surface area contributed by atoms with Crippen LogP contribution in [0.4, 0.5) is 0 Å². The molecule has 7 heteroatoms. The van der Waals surface area contributed by atoms with Gasteiger partial charge in [0.1, 0.15) is 5.75 Å². The summed E-state index contributed by atoms with van der Waals surface area (Å²) in [5.74, 6) is 1.58. The van der Waals surface area contributed by atoms with Crippen LogP contribution in [0.25, 0.3) is 0 Å². The summed E-state index contributed by atoms with van der Waals surface area (Å²) in [5.41, 5.74) is 5.77. The van der Waals surface area contributed by atoms with Crippen molar-refractivity contribution in [2.24, 2.45) is 0 Å². The fourth-order valence-corrected chi connectivity index (χ4v) is 2.10. The third-order valence-electron chi connectivity index (χ3n) is 2.53. The monoisotopic (exact) mass is 327 g/mol. The normalized spacial score (nSPS) is 9.81. The van der Waals surface area contributed by atoms with Crippen LogP contribution in [0.5, 0.6) is 5.75 Å². The minimum atomic E-state index is -0.244. The highest BCUT2D eigenvalue weighted by atomic mass is 32.2. The van der Waals surface area contributed by atoms with Gasteiger partial charge in [0.25, 0.3) is 5.91 Å². The molecule has 0 spiro atoms. The Bertz CT molecular complexity index is 452. The maximum atomic E-state index is 11.9. The Morgan fingerprint density at radius 3 is 2.62 bits per heavy atom. The molecule has 0 radical (unpaired) electrons. The SMILES string of the molecule is CCOc1ccc(C(=O)NNC(=S)NCCCSC)cc1. The van der Waals surface area contributed by atoms with E-state index in [2.05, 4.69) is 22.4 Å². The van der Waals surface area contributed by atoms with Crippen molar-refractivity contribution in [1.82, 2.24) is 16.2 Å². The Hall–Kier alpha value is -1.47. The van der Waals surface area contributed by atoms with E-state index in [-0.39, 0.29) is 5.91 Å². The van der Waals surface area contributed by atoms with E-state index >= 15 is 0 Å². The van der Waals surface area contributed by atoms with E-state index in [1.54, 1.807) is 36.0 Å². The van der Waals surface area contributed by atoms with Crippen molar-refractivity contribution in [2.45, 2.75) is 13.3 Å². The number of amides is 1. The fraction of sp³-hybridized carbons (Fsp3) is 0.429. The van der Waals surface area contributed by atoms with Gasteiger partial charge in [-0.1, -0.05) is 0 Å². The summed E-state index contributed by atoms with van der Waals surface area (Å²) in [6, 6.07) is 6.93. The number of nitrogens with one attached hydrogen (secondary N) is 3. The van der Waals surface area contributed by atoms with Crippen molar-refractivity contribution in [2.75, 3.05) is 25.2 Å². The van der Waals surface area contributed by atoms with Gasteiger partial charge in [0, 0.05) is 12.1 Å². The lowest BCUT2D eigenvalue weighted by Crippen LogP contribution is -2.47. The lowest BCUT2D eigenvalue weighted by molar-refractivity contribution is 0.0943. The molecular weight excluding hydrogens is 306 g/mol. The average Bonchev–Trinajstić information content (AvgIpc) is 2.50. The maximum Gasteiger partial charge on any atom is 0.269 e. The highest BCUT2D eigenvalue weighted by molar-refractivity contribution is 7.98. The van der Waals surface area contributed by atoms with Gasteiger partial charge in [0.15, 0.2) is 5.11 Å². The molecule has 1 amide bonds. The minimum Gasteiger partial charge on any atom is -0.494 e. The molecule has 0 saturated heterocycles. The molecular formula is C14H21N3O2S2. The van der Waals surface area contributed by atoms with E-state index in [0.29, 0.717) is 17.3 Å². The van der Waals surface area contributed by atoms with Gasteiger partial charge < -0.3 is 10.1 Å². The van der Waals surface area contributed by atoms with Gasteiger partial charge in [0.2, 0.25) is 0 Å². The molecule has 0 atom stereocenters. The summed E-state index contributed by atoms with van der Waals surface area (Å²) >= 11 is 6.85. The summed E-state index contributed by atoms with van der Waals surface area (Å²) < 4.78 is 5.32. The second-order valence-electron chi connectivity index (χ2n) is 4.14. The van der Waals surface area contributed by atoms with Gasteiger partial charge in [0.05, 0.1) is 6.61 Å². The van der Waals surface area contributed by atoms with Gasteiger partial charge >= 0.3 is 0 Å². The third-order valence-corrected chi connectivity index (χ3v) is 3.47. The van der Waals surface area contributed by atoms with Crippen LogP contribution >= 0.6 is 24.0 Å². The molecule has 1 rings (SSSR count). The van der Waals surface area contributed by atoms with E-state index in [0.717, 1.165) is 24.5 Å². The summed E-state index contributed by atoms with van der Waals surface area (Å²) in [6.07, 6.45) is 3.09. The lowest BCUT2D eigenvalue weighted by atomic mass is 10.2. The van der Waals surface area contributed by atoms with Crippen molar-refractivity contribution in [1.29, 1.82) is 0 Å². The Morgan fingerprint density at radius 1 is 1.29 bits per heavy atom. The van der Waals surface area contributed by atoms with E-state index in [1.165, 1.54) is 0 Å². The first-order valence-electron chi connectivity index (χ1n) is 6.73. The molecule has 1 aromatic rings. The molecule has 3 N–H and O–H groups in total. The topological polar surface area (TPSA) is 62.4 Å². The molecule has 0 heterocycles. The van der Waals surface area contributed by atoms with Crippen LogP contribution in [0, 0.1) is 0 Å². The van der Waals surface area contributed by atoms with Gasteiger partial charge in [-0.05, 0) is 61.8 Å². The zero-order valence-corrected chi connectivity index (χ0v) is 13.9. The second-order valence-corrected chi connectivity index (χ2v) is 5.53. The Labute approximate surface area is 135 Å². The van der Waals surface area contributed by atoms with Crippen LogP contribution in [0.2, 0.25) is 0 Å². The lowest BCUT2D eigenvalue weighted by Gasteiger charge is -2.11. The first kappa shape index (κ1) is 17.6. The zero-order chi connectivity index (χ0) is 15.5. The Morgan fingerprint density at radius 2 is 2.00 bits per heavy atom. The van der Waals surface area contributed by atoms with Crippen LogP contribution in [0.3, 0.4) is 0 Å². The number of thiocarbonyl (C=S) groups is 1. The summed E-state index contributed by atoms with van der Waals surface area (Å²) in [4.78, 5) is 11.9. The number of carbonyl (C=O) groups is 1. The Kier molecular flexibility index (Phi) is 8.61. The predicted octanol–water partition coefficient (Wildman–Crippen LogP) is 1.95. The smallest absolute Gasteiger partial charge is 0.269 e. The first-order valence-corrected chi connectivity index (χ1v) is 8.53. The van der Waals surface area contributed by atoms with Crippen molar-refractivity contribution < 1.29 is 9.53 Å². The molecule has 0 aromatic heterocycles. The molecule has 5 nitrogen and oxygen atoms in total. The number of benzene rings is 1. The first-order chi connectivity index (χ1) is 10.2. The van der Waals surface area contributed by atoms with Crippen molar-refractivity contribution in [3.05, 3.63) is 29.8 Å². The van der Waals surface area contributed by atoms with Gasteiger partial charge in [-0.15, -0.1) is 0 Å². The minimum absolute atomic E-state index is 0.244. The van der Waals surface area contributed by atoms with Gasteiger partial charge in [-0.3, -0.25) is 15.6 Å². The standard InChI is InChI=1S/C14H21N3O2S2/c1-3-19-12-7-5-11(6-8-12)13(18)16-17-14(20)15-9-4-10-21-2/h5-8H,3-4,9-10H2,1-2H3,(H,16,18)(H2,15,17,20). The maximum absolute atomic E-state index is 11.9. The molecule has 0 aliphatic heterocycles. The molecule has 0 unspecified atom stereocenters. The molecule has 0 bridgehead atoms. The zero-order valence-electron chi connectivity index (χ0n) is 12.3. The molecule has 21 heavy (non-hydrogen) atoms. The van der Waals surface area contributed by atoms with Crippen LogP contribution in [0.1, 0.15) is 23.7 Å². The quantitative estimate of drug-likeness (QED) is 0.404. The number of hydrazine groups is 1. The predicted molar refractivity (Wildman–Crippen MR) is 91.8 cm³/mol. The Balaban J connectivity index is 2.31. The van der Waals surface area contributed by atoms with Crippen molar-refractivity contribution in [3.8, 4) is 5.75 Å². The van der Waals surface area contributed by atoms with E-state index in [4.69, 9.17) is 17.0 Å². The number of carbonyl (C=O) groups excluding carboxylic acids is 1. The van der Waals surface area contributed by atoms with Gasteiger partial charge in [-0.2, -0.15) is 11.8 Å². The van der Waals surface area contributed by atoms with Crippen LogP contribution in [-0.4, -0.2) is 36.2 Å². The third kappa shape index (κ3) is 7.19. The largest absolute Gasteiger partial charge is 0.494 e. The van der Waals surface area contributed by atoms with Crippen LogP contribution < -0.4 is 20.9 Å². The molecule has 1 aromatic carbocycles. The van der Waals surface area contributed by atoms with Gasteiger partial charge in [-0.25, -0.2) is 0 Å². The van der Waals surface area contributed by atoms with E-state index < -0.39 is 0 Å². The molecule has 116 valence electrons. The molecule has 0 aliphatic rings. The average molecular weight is 327 g/mol. The number of ether oxygens (including phenoxy) is 1. The molecule has 0 aliphatic carbocycles. The van der Waals surface area contributed by atoms with Crippen LogP contribution in [-0.2, 0) is 0 Å². The number of hydrogen-bond donors (Lipinski definition) is 3. The number of hydrogen-bond acceptors (Lipinski definition) is 4. The summed E-state index contributed by atoms with van der Waals surface area (Å²) in [5, 5.41) is 3.43. The highest BCUT2D eigenvalue weighted by Crippen LogP contribution is 2.11. The fourth-order valence-electron chi connectivity index (χ4n) is 1.52. The molecule has 0 saturated carbocycles. The number of rotatable bonds is 7.